The Morgan fingerprint density at radius 1 is 1.09 bits per heavy atom. The molecule has 3 aromatic heterocycles. The molecule has 5 rings (SSSR count). The summed E-state index contributed by atoms with van der Waals surface area (Å²) in [6.07, 6.45) is -5.60. The quantitative estimate of drug-likeness (QED) is 0.185. The van der Waals surface area contributed by atoms with Crippen molar-refractivity contribution in [3.63, 3.8) is 0 Å². The number of benzene rings is 1. The molecule has 0 unspecified atom stereocenters. The molecule has 1 aliphatic rings. The van der Waals surface area contributed by atoms with Crippen LogP contribution in [0.1, 0.15) is 31.7 Å². The van der Waals surface area contributed by atoms with Gasteiger partial charge < -0.3 is 20.8 Å². The Bertz CT molecular complexity index is 1820. The Labute approximate surface area is 258 Å². The first-order valence-electron chi connectivity index (χ1n) is 13.9. The van der Waals surface area contributed by atoms with Gasteiger partial charge >= 0.3 is 6.18 Å². The predicted octanol–water partition coefficient (Wildman–Crippen LogP) is 4.66. The summed E-state index contributed by atoms with van der Waals surface area (Å²) in [6, 6.07) is 0.598. The minimum Gasteiger partial charge on any atom is -0.390 e. The number of thiazole rings is 1. The number of halogens is 5. The van der Waals surface area contributed by atoms with Gasteiger partial charge in [0.2, 0.25) is 5.95 Å². The number of aliphatic hydroxyl groups is 2. The van der Waals surface area contributed by atoms with Gasteiger partial charge in [0.25, 0.3) is 0 Å². The van der Waals surface area contributed by atoms with Crippen molar-refractivity contribution in [1.82, 2.24) is 19.9 Å². The van der Waals surface area contributed by atoms with E-state index in [2.05, 4.69) is 25.6 Å². The Hall–Kier alpha value is -3.54. The number of anilines is 2. The molecule has 5 atom stereocenters. The molecule has 0 saturated heterocycles. The van der Waals surface area contributed by atoms with Crippen LogP contribution in [0.3, 0.4) is 0 Å². The van der Waals surface area contributed by atoms with E-state index in [0.29, 0.717) is 40.7 Å². The molecule has 0 bridgehead atoms. The molecule has 10 nitrogen and oxygen atoms in total. The molecule has 1 fully saturated rings. The topological polar surface area (TPSA) is 150 Å². The zero-order valence-electron chi connectivity index (χ0n) is 24.1. The van der Waals surface area contributed by atoms with Crippen LogP contribution in [-0.2, 0) is 16.3 Å². The molecule has 1 aromatic carbocycles. The first-order valence-corrected chi connectivity index (χ1v) is 16.3. The number of fused-ring (bicyclic) bond motifs is 1. The highest BCUT2D eigenvalue weighted by atomic mass is 32.2. The lowest BCUT2D eigenvalue weighted by Gasteiger charge is -2.22. The van der Waals surface area contributed by atoms with E-state index < -0.39 is 68.5 Å². The summed E-state index contributed by atoms with van der Waals surface area (Å²) in [7, 11) is -4.29. The Morgan fingerprint density at radius 3 is 2.42 bits per heavy atom. The van der Waals surface area contributed by atoms with Crippen LogP contribution in [0.4, 0.5) is 33.7 Å². The van der Waals surface area contributed by atoms with Crippen LogP contribution in [0.15, 0.2) is 35.4 Å². The van der Waals surface area contributed by atoms with Crippen LogP contribution in [0, 0.1) is 24.5 Å². The first kappa shape index (κ1) is 32.8. The average Bonchev–Trinajstić information content (AvgIpc) is 3.48. The third-order valence-electron chi connectivity index (χ3n) is 7.61. The number of alkyl halides is 3. The summed E-state index contributed by atoms with van der Waals surface area (Å²) in [5.41, 5.74) is 1.96. The summed E-state index contributed by atoms with van der Waals surface area (Å²) in [4.78, 5) is 17.0. The normalized spacial score (nSPS) is 21.3. The van der Waals surface area contributed by atoms with Gasteiger partial charge in [0.1, 0.15) is 40.1 Å². The van der Waals surface area contributed by atoms with Crippen molar-refractivity contribution in [2.75, 3.05) is 16.4 Å². The second-order valence-corrected chi connectivity index (χ2v) is 13.9. The number of aliphatic hydroxyl groups excluding tert-OH is 2. The Morgan fingerprint density at radius 2 is 1.78 bits per heavy atom. The lowest BCUT2D eigenvalue weighted by atomic mass is 10.1. The van der Waals surface area contributed by atoms with Crippen molar-refractivity contribution in [2.24, 2.45) is 5.92 Å². The number of sulfone groups is 1. The molecule has 0 amide bonds. The van der Waals surface area contributed by atoms with Gasteiger partial charge in [0, 0.05) is 18.2 Å². The largest absolute Gasteiger partial charge is 0.408 e. The SMILES string of the molecule is CCc1nccc2sc(-c3c(C)nc(N[C@H](C)C(F)(F)F)nc3N[C@@H]3C[C@H](CS(=O)(=O)c4cc(F)cc(F)c4)[C@@H](O)[C@H]3O)nc12. The van der Waals surface area contributed by atoms with Crippen LogP contribution >= 0.6 is 11.3 Å². The molecule has 0 aliphatic heterocycles. The second-order valence-electron chi connectivity index (χ2n) is 10.9. The highest BCUT2D eigenvalue weighted by molar-refractivity contribution is 7.91. The van der Waals surface area contributed by atoms with E-state index in [-0.39, 0.29) is 23.9 Å². The van der Waals surface area contributed by atoms with Crippen molar-refractivity contribution < 1.29 is 40.6 Å². The lowest BCUT2D eigenvalue weighted by molar-refractivity contribution is -0.138. The zero-order chi connectivity index (χ0) is 32.8. The summed E-state index contributed by atoms with van der Waals surface area (Å²) in [6.45, 7) is 4.38. The van der Waals surface area contributed by atoms with Crippen LogP contribution in [-0.4, -0.2) is 74.8 Å². The summed E-state index contributed by atoms with van der Waals surface area (Å²) in [5, 5.41) is 27.3. The maximum Gasteiger partial charge on any atom is 0.408 e. The minimum atomic E-state index is -4.60. The van der Waals surface area contributed by atoms with E-state index in [1.54, 1.807) is 19.2 Å². The molecule has 17 heteroatoms. The van der Waals surface area contributed by atoms with Crippen LogP contribution in [0.2, 0.25) is 0 Å². The van der Waals surface area contributed by atoms with Crippen LogP contribution < -0.4 is 10.6 Å². The molecule has 45 heavy (non-hydrogen) atoms. The molecule has 0 radical (unpaired) electrons. The second kappa shape index (κ2) is 12.3. The fourth-order valence-corrected chi connectivity index (χ4v) is 8.00. The third-order valence-corrected chi connectivity index (χ3v) is 10.5. The van der Waals surface area contributed by atoms with Gasteiger partial charge in [-0.2, -0.15) is 18.2 Å². The smallest absolute Gasteiger partial charge is 0.390 e. The number of hydrogen-bond acceptors (Lipinski definition) is 11. The highest BCUT2D eigenvalue weighted by Gasteiger charge is 2.44. The number of pyridine rings is 1. The summed E-state index contributed by atoms with van der Waals surface area (Å²) in [5.74, 6) is -4.34. The van der Waals surface area contributed by atoms with Crippen molar-refractivity contribution >= 4 is 43.2 Å². The predicted molar refractivity (Wildman–Crippen MR) is 158 cm³/mol. The number of rotatable bonds is 9. The number of hydrogen-bond donors (Lipinski definition) is 4. The average molecular weight is 673 g/mol. The van der Waals surface area contributed by atoms with Crippen LogP contribution in [0.5, 0.6) is 0 Å². The van der Waals surface area contributed by atoms with Gasteiger partial charge in [-0.25, -0.2) is 27.2 Å². The van der Waals surface area contributed by atoms with Crippen molar-refractivity contribution in [1.29, 1.82) is 0 Å². The molecule has 242 valence electrons. The maximum atomic E-state index is 13.7. The lowest BCUT2D eigenvalue weighted by Crippen LogP contribution is -2.36. The monoisotopic (exact) mass is 672 g/mol. The molecule has 4 N–H and O–H groups in total. The molecule has 1 aliphatic carbocycles. The van der Waals surface area contributed by atoms with Gasteiger partial charge in [0.15, 0.2) is 9.84 Å². The Balaban J connectivity index is 1.50. The van der Waals surface area contributed by atoms with Crippen molar-refractivity contribution in [3.8, 4) is 10.6 Å². The van der Waals surface area contributed by atoms with Crippen LogP contribution in [0.25, 0.3) is 20.8 Å². The fourth-order valence-electron chi connectivity index (χ4n) is 5.24. The van der Waals surface area contributed by atoms with Gasteiger partial charge in [-0.1, -0.05) is 6.92 Å². The van der Waals surface area contributed by atoms with Gasteiger partial charge in [0.05, 0.1) is 44.4 Å². The van der Waals surface area contributed by atoms with Gasteiger partial charge in [-0.15, -0.1) is 11.3 Å². The van der Waals surface area contributed by atoms with E-state index >= 15 is 0 Å². The fraction of sp³-hybridized carbons (Fsp3) is 0.429. The van der Waals surface area contributed by atoms with E-state index in [1.807, 2.05) is 6.92 Å². The summed E-state index contributed by atoms with van der Waals surface area (Å²) >= 11 is 1.28. The first-order chi connectivity index (χ1) is 21.1. The van der Waals surface area contributed by atoms with Crippen molar-refractivity contribution in [2.45, 2.75) is 69.0 Å². The third kappa shape index (κ3) is 6.85. The van der Waals surface area contributed by atoms with E-state index in [9.17, 15) is 40.6 Å². The Kier molecular flexibility index (Phi) is 9.00. The summed E-state index contributed by atoms with van der Waals surface area (Å²) < 4.78 is 94.2. The zero-order valence-corrected chi connectivity index (χ0v) is 25.7. The minimum absolute atomic E-state index is 0.00334. The van der Waals surface area contributed by atoms with E-state index in [1.165, 1.54) is 11.3 Å². The number of aromatic nitrogens is 4. The van der Waals surface area contributed by atoms with E-state index in [0.717, 1.165) is 17.3 Å². The van der Waals surface area contributed by atoms with Gasteiger partial charge in [-0.05, 0) is 44.9 Å². The molecule has 4 aromatic rings. The van der Waals surface area contributed by atoms with Gasteiger partial charge in [-0.3, -0.25) is 4.98 Å². The highest BCUT2D eigenvalue weighted by Crippen LogP contribution is 2.39. The molecular formula is C28H29F5N6O4S2. The molecule has 1 saturated carbocycles. The number of nitrogens with zero attached hydrogens (tertiary/aromatic N) is 4. The molecule has 0 spiro atoms. The number of nitrogens with one attached hydrogen (secondary N) is 2. The molecular weight excluding hydrogens is 643 g/mol. The number of aryl methyl sites for hydroxylation is 2. The maximum absolute atomic E-state index is 13.7. The molecule has 3 heterocycles. The standard InChI is InChI=1S/C28H29F5N6O4S2/c1-4-18-22-20(5-6-34-18)44-26(38-22)21-12(2)35-27(36-13(3)28(31,32)33)39-25(21)37-19-7-14(23(40)24(19)41)11-45(42,43)17-9-15(29)8-16(30)10-17/h5-6,8-10,13-14,19,23-24,40-41H,4,7,11H2,1-3H3,(H2,35,36,37,39)/t13-,14-,19-,23-,24+/m1/s1. The van der Waals surface area contributed by atoms with E-state index in [4.69, 9.17) is 4.98 Å². The van der Waals surface area contributed by atoms with Crippen molar-refractivity contribution in [3.05, 3.63) is 53.5 Å².